The molecular formula is C24H38Cu2N4O6+2. The van der Waals surface area contributed by atoms with Crippen molar-refractivity contribution in [1.29, 1.82) is 0 Å². The minimum Gasteiger partial charge on any atom is -0.389 e. The maximum absolute atomic E-state index is 11.3. The molecule has 0 aromatic carbocycles. The van der Waals surface area contributed by atoms with Gasteiger partial charge in [-0.2, -0.15) is 0 Å². The standard InChI is InChI=1S/2C11H16N2O.C2H6O4.2Cu/c2*1-2-12-7-8-13-9-10-5-3-4-6-11(10)14;3-1(4)2(5)6;;/h2*3-6,9,12-13H,2,7-8H2,1H3;1-6H;;/q;;;2*+1. The van der Waals surface area contributed by atoms with Gasteiger partial charge in [-0.25, -0.2) is 0 Å². The molecule has 2 rings (SSSR count). The van der Waals surface area contributed by atoms with Crippen LogP contribution in [0.4, 0.5) is 0 Å². The van der Waals surface area contributed by atoms with Crippen molar-refractivity contribution in [2.24, 2.45) is 0 Å². The molecule has 36 heavy (non-hydrogen) atoms. The van der Waals surface area contributed by atoms with Crippen LogP contribution in [0, 0.1) is 0 Å². The Morgan fingerprint density at radius 1 is 0.639 bits per heavy atom. The molecule has 0 radical (unpaired) electrons. The molecule has 0 fully saturated rings. The first-order chi connectivity index (χ1) is 16.3. The van der Waals surface area contributed by atoms with Crippen molar-refractivity contribution in [3.63, 3.8) is 0 Å². The number of likely N-dealkylation sites (N-methyl/N-ethyl adjacent to an activating group) is 2. The van der Waals surface area contributed by atoms with Gasteiger partial charge < -0.3 is 41.7 Å². The maximum Gasteiger partial charge on any atom is 1.00 e. The first-order valence-corrected chi connectivity index (χ1v) is 11.1. The van der Waals surface area contributed by atoms with Crippen LogP contribution in [-0.4, -0.2) is 83.8 Å². The zero-order chi connectivity index (χ0) is 25.6. The van der Waals surface area contributed by atoms with Crippen molar-refractivity contribution in [2.45, 2.75) is 26.4 Å². The van der Waals surface area contributed by atoms with Crippen LogP contribution < -0.4 is 21.3 Å². The molecule has 2 aliphatic rings. The van der Waals surface area contributed by atoms with E-state index in [1.807, 2.05) is 24.3 Å². The number of aliphatic hydroxyl groups is 4. The smallest absolute Gasteiger partial charge is 0.389 e. The number of allylic oxidation sites excluding steroid dienone is 10. The maximum atomic E-state index is 11.3. The number of hydrogen-bond donors (Lipinski definition) is 8. The van der Waals surface area contributed by atoms with Crippen molar-refractivity contribution in [3.8, 4) is 0 Å². The van der Waals surface area contributed by atoms with Gasteiger partial charge in [-0.1, -0.05) is 38.2 Å². The predicted molar refractivity (Wildman–Crippen MR) is 132 cm³/mol. The summed E-state index contributed by atoms with van der Waals surface area (Å²) < 4.78 is 0. The second-order valence-corrected chi connectivity index (χ2v) is 6.81. The van der Waals surface area contributed by atoms with Crippen LogP contribution in [0.3, 0.4) is 0 Å². The molecule has 0 aliphatic heterocycles. The van der Waals surface area contributed by atoms with Gasteiger partial charge in [-0.05, 0) is 37.4 Å². The second-order valence-electron chi connectivity index (χ2n) is 6.81. The quantitative estimate of drug-likeness (QED) is 0.0643. The topological polar surface area (TPSA) is 163 Å². The number of carbonyl (C=O) groups excluding carboxylic acids is 2. The third kappa shape index (κ3) is 21.5. The van der Waals surface area contributed by atoms with E-state index >= 15 is 0 Å². The summed E-state index contributed by atoms with van der Waals surface area (Å²) in [5.74, 6) is 0.118. The zero-order valence-corrected chi connectivity index (χ0v) is 22.3. The van der Waals surface area contributed by atoms with Gasteiger partial charge in [0, 0.05) is 49.7 Å². The summed E-state index contributed by atoms with van der Waals surface area (Å²) in [7, 11) is 0. The first kappa shape index (κ1) is 38.7. The second kappa shape index (κ2) is 26.2. The summed E-state index contributed by atoms with van der Waals surface area (Å²) >= 11 is 0. The van der Waals surface area contributed by atoms with Gasteiger partial charge in [-0.3, -0.25) is 9.59 Å². The first-order valence-electron chi connectivity index (χ1n) is 11.1. The molecule has 12 heteroatoms. The Labute approximate surface area is 234 Å². The Morgan fingerprint density at radius 3 is 1.25 bits per heavy atom. The van der Waals surface area contributed by atoms with E-state index in [0.29, 0.717) is 11.1 Å². The molecule has 8 N–H and O–H groups in total. The van der Waals surface area contributed by atoms with Crippen molar-refractivity contribution in [1.82, 2.24) is 21.3 Å². The van der Waals surface area contributed by atoms with E-state index in [1.165, 1.54) is 0 Å². The molecule has 0 unspecified atom stereocenters. The molecule has 0 spiro atoms. The monoisotopic (exact) mass is 604 g/mol. The van der Waals surface area contributed by atoms with Crippen LogP contribution in [0.15, 0.2) is 72.2 Å². The van der Waals surface area contributed by atoms with Crippen molar-refractivity contribution >= 4 is 11.6 Å². The summed E-state index contributed by atoms with van der Waals surface area (Å²) in [5.41, 5.74) is 1.42. The third-order valence-corrected chi connectivity index (χ3v) is 4.01. The molecule has 210 valence electrons. The molecular weight excluding hydrogens is 567 g/mol. The SMILES string of the molecule is CCNCCNC=C1C=CC=CC1=O.CCNCCNC=C1C=CC=CC1=O.OC(O)C(O)O.[Cu+].[Cu+]. The Balaban J connectivity index is -0.000000475. The van der Waals surface area contributed by atoms with Gasteiger partial charge in [-0.15, -0.1) is 0 Å². The average molecular weight is 606 g/mol. The van der Waals surface area contributed by atoms with Crippen LogP contribution in [0.25, 0.3) is 0 Å². The molecule has 0 bridgehead atoms. The number of ketones is 2. The largest absolute Gasteiger partial charge is 1.00 e. The Hall–Kier alpha value is -1.82. The van der Waals surface area contributed by atoms with Gasteiger partial charge in [0.2, 0.25) is 12.6 Å². The van der Waals surface area contributed by atoms with E-state index in [9.17, 15) is 9.59 Å². The number of aliphatic hydroxyl groups excluding tert-OH is 2. The zero-order valence-electron chi connectivity index (χ0n) is 20.4. The summed E-state index contributed by atoms with van der Waals surface area (Å²) in [6, 6.07) is 0. The summed E-state index contributed by atoms with van der Waals surface area (Å²) in [6.07, 6.45) is 13.4. The van der Waals surface area contributed by atoms with E-state index in [1.54, 1.807) is 36.7 Å². The van der Waals surface area contributed by atoms with Gasteiger partial charge >= 0.3 is 34.1 Å². The average Bonchev–Trinajstić information content (AvgIpc) is 2.82. The van der Waals surface area contributed by atoms with Crippen molar-refractivity contribution in [3.05, 3.63) is 72.2 Å². The molecule has 2 aliphatic carbocycles. The number of rotatable bonds is 11. The van der Waals surface area contributed by atoms with Gasteiger partial charge in [0.05, 0.1) is 0 Å². The fourth-order valence-corrected chi connectivity index (χ4v) is 2.24. The Kier molecular flexibility index (Phi) is 28.2. The van der Waals surface area contributed by atoms with E-state index in [0.717, 1.165) is 39.3 Å². The predicted octanol–water partition coefficient (Wildman–Crippen LogP) is -0.868. The minimum atomic E-state index is -2.04. The Morgan fingerprint density at radius 2 is 0.972 bits per heavy atom. The fraction of sp³-hybridized carbons (Fsp3) is 0.417. The third-order valence-electron chi connectivity index (χ3n) is 4.01. The van der Waals surface area contributed by atoms with Crippen LogP contribution in [0.1, 0.15) is 13.8 Å². The molecule has 0 saturated heterocycles. The summed E-state index contributed by atoms with van der Waals surface area (Å²) in [4.78, 5) is 22.5. The van der Waals surface area contributed by atoms with E-state index in [2.05, 4.69) is 35.1 Å². The number of hydrogen-bond acceptors (Lipinski definition) is 10. The molecule has 0 aromatic rings. The Bertz CT molecular complexity index is 715. The summed E-state index contributed by atoms with van der Waals surface area (Å²) in [5, 5.41) is 43.3. The van der Waals surface area contributed by atoms with E-state index < -0.39 is 12.6 Å². The van der Waals surface area contributed by atoms with Crippen LogP contribution >= 0.6 is 0 Å². The number of nitrogens with one attached hydrogen (secondary N) is 4. The molecule has 0 heterocycles. The van der Waals surface area contributed by atoms with Crippen LogP contribution in [-0.2, 0) is 43.7 Å². The van der Waals surface area contributed by atoms with Gasteiger partial charge in [0.25, 0.3) is 0 Å². The number of carbonyl (C=O) groups is 2. The van der Waals surface area contributed by atoms with Gasteiger partial charge in [0.15, 0.2) is 11.6 Å². The van der Waals surface area contributed by atoms with E-state index in [4.69, 9.17) is 20.4 Å². The van der Waals surface area contributed by atoms with Crippen LogP contribution in [0.5, 0.6) is 0 Å². The molecule has 0 saturated carbocycles. The molecule has 0 amide bonds. The van der Waals surface area contributed by atoms with Crippen molar-refractivity contribution in [2.75, 3.05) is 39.3 Å². The van der Waals surface area contributed by atoms with E-state index in [-0.39, 0.29) is 45.7 Å². The molecule has 10 nitrogen and oxygen atoms in total. The minimum absolute atomic E-state index is 0. The van der Waals surface area contributed by atoms with Gasteiger partial charge in [0.1, 0.15) is 0 Å². The summed E-state index contributed by atoms with van der Waals surface area (Å²) in [6.45, 7) is 9.57. The molecule has 0 aromatic heterocycles. The van der Waals surface area contributed by atoms with Crippen LogP contribution in [0.2, 0.25) is 0 Å². The van der Waals surface area contributed by atoms with Crippen molar-refractivity contribution < 1.29 is 64.2 Å². The molecule has 0 atom stereocenters. The fourth-order valence-electron chi connectivity index (χ4n) is 2.24. The normalized spacial score (nSPS) is 15.7.